The van der Waals surface area contributed by atoms with Crippen LogP contribution in [-0.2, 0) is 21.2 Å². The van der Waals surface area contributed by atoms with Gasteiger partial charge in [-0.05, 0) is 42.7 Å². The average molecular weight is 386 g/mol. The van der Waals surface area contributed by atoms with Crippen LogP contribution in [0.5, 0.6) is 0 Å². The predicted molar refractivity (Wildman–Crippen MR) is 104 cm³/mol. The van der Waals surface area contributed by atoms with Gasteiger partial charge in [-0.15, -0.1) is 4.40 Å². The Labute approximate surface area is 159 Å². The number of hydrogen-bond acceptors (Lipinski definition) is 4. The van der Waals surface area contributed by atoms with Gasteiger partial charge in [-0.1, -0.05) is 12.1 Å². The molecule has 0 saturated carbocycles. The Kier molecular flexibility index (Phi) is 5.85. The van der Waals surface area contributed by atoms with Crippen molar-refractivity contribution in [1.29, 1.82) is 0 Å². The quantitative estimate of drug-likeness (QED) is 0.823. The maximum Gasteiger partial charge on any atom is 0.284 e. The summed E-state index contributed by atoms with van der Waals surface area (Å²) in [6.07, 6.45) is 5.81. The van der Waals surface area contributed by atoms with Crippen LogP contribution >= 0.6 is 0 Å². The highest BCUT2D eigenvalue weighted by atomic mass is 32.2. The van der Waals surface area contributed by atoms with Gasteiger partial charge in [0, 0.05) is 44.5 Å². The Morgan fingerprint density at radius 1 is 1.30 bits per heavy atom. The molecule has 1 fully saturated rings. The van der Waals surface area contributed by atoms with E-state index >= 15 is 0 Å². The van der Waals surface area contributed by atoms with E-state index in [2.05, 4.69) is 14.7 Å². The second kappa shape index (κ2) is 8.30. The molecule has 1 saturated heterocycles. The molecule has 0 atom stereocenters. The molecule has 0 radical (unpaired) electrons. The van der Waals surface area contributed by atoms with Crippen molar-refractivity contribution in [2.45, 2.75) is 30.6 Å². The first kappa shape index (κ1) is 19.0. The molecule has 1 aromatic heterocycles. The van der Waals surface area contributed by atoms with E-state index in [-0.39, 0.29) is 17.2 Å². The first-order chi connectivity index (χ1) is 12.9. The molecule has 1 aromatic carbocycles. The number of hydrogen-bond donors (Lipinski definition) is 1. The summed E-state index contributed by atoms with van der Waals surface area (Å²) in [5.41, 5.74) is 1.41. The van der Waals surface area contributed by atoms with Crippen LogP contribution in [0.2, 0.25) is 0 Å². The maximum atomic E-state index is 12.5. The fraction of sp³-hybridized carbons (Fsp3) is 0.316. The summed E-state index contributed by atoms with van der Waals surface area (Å²) in [4.78, 5) is 18.1. The molecule has 0 spiro atoms. The fourth-order valence-electron chi connectivity index (χ4n) is 2.86. The number of benzene rings is 1. The van der Waals surface area contributed by atoms with Crippen LogP contribution < -0.4 is 5.32 Å². The predicted octanol–water partition coefficient (Wildman–Crippen LogP) is 2.47. The molecule has 1 aliphatic heterocycles. The van der Waals surface area contributed by atoms with E-state index in [1.54, 1.807) is 24.5 Å². The van der Waals surface area contributed by atoms with Gasteiger partial charge in [0.1, 0.15) is 5.84 Å². The highest BCUT2D eigenvalue weighted by Crippen LogP contribution is 2.20. The number of aromatic nitrogens is 1. The van der Waals surface area contributed by atoms with Crippen molar-refractivity contribution in [3.05, 3.63) is 54.4 Å². The van der Waals surface area contributed by atoms with Crippen LogP contribution in [0.4, 0.5) is 5.69 Å². The van der Waals surface area contributed by atoms with Crippen molar-refractivity contribution in [3.8, 4) is 0 Å². The molecular weight excluding hydrogens is 364 g/mol. The Bertz CT molecular complexity index is 942. The van der Waals surface area contributed by atoms with Gasteiger partial charge in [0.05, 0.1) is 4.90 Å². The zero-order valence-corrected chi connectivity index (χ0v) is 15.9. The van der Waals surface area contributed by atoms with Gasteiger partial charge in [0.2, 0.25) is 5.91 Å². The van der Waals surface area contributed by atoms with Crippen molar-refractivity contribution >= 4 is 27.5 Å². The summed E-state index contributed by atoms with van der Waals surface area (Å²) in [6, 6.07) is 9.92. The lowest BCUT2D eigenvalue weighted by molar-refractivity contribution is -0.116. The van der Waals surface area contributed by atoms with Crippen LogP contribution in [0.1, 0.15) is 24.8 Å². The summed E-state index contributed by atoms with van der Waals surface area (Å²) < 4.78 is 29.0. The molecule has 7 nitrogen and oxygen atoms in total. The number of likely N-dealkylation sites (tertiary alicyclic amines) is 1. The minimum Gasteiger partial charge on any atom is -0.362 e. The molecule has 142 valence electrons. The van der Waals surface area contributed by atoms with Crippen molar-refractivity contribution in [1.82, 2.24) is 9.88 Å². The van der Waals surface area contributed by atoms with Gasteiger partial charge in [-0.2, -0.15) is 8.42 Å². The maximum absolute atomic E-state index is 12.5. The highest BCUT2D eigenvalue weighted by Gasteiger charge is 2.20. The first-order valence-electron chi connectivity index (χ1n) is 8.78. The third kappa shape index (κ3) is 5.13. The highest BCUT2D eigenvalue weighted by molar-refractivity contribution is 7.90. The SMILES string of the molecule is CN1CCC/C1=N\S(=O)(=O)c1cccc(NC(=O)CCc2cccnc2)c1. The third-order valence-electron chi connectivity index (χ3n) is 4.34. The molecule has 1 N–H and O–H groups in total. The summed E-state index contributed by atoms with van der Waals surface area (Å²) in [7, 11) is -1.97. The van der Waals surface area contributed by atoms with Crippen molar-refractivity contribution in [2.24, 2.45) is 4.40 Å². The zero-order valence-electron chi connectivity index (χ0n) is 15.1. The number of amides is 1. The summed E-state index contributed by atoms with van der Waals surface area (Å²) >= 11 is 0. The minimum absolute atomic E-state index is 0.0698. The fourth-order valence-corrected chi connectivity index (χ4v) is 4.00. The van der Waals surface area contributed by atoms with Gasteiger partial charge in [-0.25, -0.2) is 0 Å². The molecular formula is C19H22N4O3S. The summed E-state index contributed by atoms with van der Waals surface area (Å²) in [5, 5.41) is 2.74. The van der Waals surface area contributed by atoms with E-state index in [0.717, 1.165) is 18.5 Å². The minimum atomic E-state index is -3.80. The number of rotatable bonds is 6. The molecule has 0 unspecified atom stereocenters. The monoisotopic (exact) mass is 386 g/mol. The van der Waals surface area contributed by atoms with E-state index < -0.39 is 10.0 Å². The molecule has 2 heterocycles. The van der Waals surface area contributed by atoms with Gasteiger partial charge < -0.3 is 10.2 Å². The van der Waals surface area contributed by atoms with Gasteiger partial charge in [0.25, 0.3) is 10.0 Å². The van der Waals surface area contributed by atoms with E-state index in [9.17, 15) is 13.2 Å². The smallest absolute Gasteiger partial charge is 0.284 e. The number of nitrogens with zero attached hydrogens (tertiary/aromatic N) is 3. The average Bonchev–Trinajstić information content (AvgIpc) is 3.05. The van der Waals surface area contributed by atoms with Crippen molar-refractivity contribution in [3.63, 3.8) is 0 Å². The van der Waals surface area contributed by atoms with E-state index in [1.165, 1.54) is 12.1 Å². The Morgan fingerprint density at radius 2 is 2.15 bits per heavy atom. The lowest BCUT2D eigenvalue weighted by atomic mass is 10.1. The van der Waals surface area contributed by atoms with Gasteiger partial charge >= 0.3 is 0 Å². The summed E-state index contributed by atoms with van der Waals surface area (Å²) in [6.45, 7) is 0.807. The standard InChI is InChI=1S/C19H22N4O3S/c1-23-12-4-8-18(23)22-27(25,26)17-7-2-6-16(13-17)21-19(24)10-9-15-5-3-11-20-14-15/h2-3,5-7,11,13-14H,4,8-10,12H2,1H3,(H,21,24)/b22-18+. The molecule has 27 heavy (non-hydrogen) atoms. The van der Waals surface area contributed by atoms with Crippen molar-refractivity contribution in [2.75, 3.05) is 18.9 Å². The Hall–Kier alpha value is -2.74. The number of nitrogens with one attached hydrogen (secondary N) is 1. The number of pyridine rings is 1. The van der Waals surface area contributed by atoms with E-state index in [1.807, 2.05) is 24.1 Å². The zero-order chi connectivity index (χ0) is 19.3. The van der Waals surface area contributed by atoms with Crippen LogP contribution in [0, 0.1) is 0 Å². The topological polar surface area (TPSA) is 91.7 Å². The number of carbonyl (C=O) groups is 1. The molecule has 1 aliphatic rings. The molecule has 0 bridgehead atoms. The van der Waals surface area contributed by atoms with E-state index in [0.29, 0.717) is 24.4 Å². The second-order valence-corrected chi connectivity index (χ2v) is 8.05. The van der Waals surface area contributed by atoms with Crippen LogP contribution in [0.3, 0.4) is 0 Å². The molecule has 1 amide bonds. The van der Waals surface area contributed by atoms with Crippen LogP contribution in [0.15, 0.2) is 58.1 Å². The molecule has 8 heteroatoms. The first-order valence-corrected chi connectivity index (χ1v) is 10.2. The number of carbonyl (C=O) groups excluding carboxylic acids is 1. The number of anilines is 1. The molecule has 2 aromatic rings. The van der Waals surface area contributed by atoms with Crippen LogP contribution in [-0.4, -0.2) is 43.6 Å². The Balaban J connectivity index is 1.67. The van der Waals surface area contributed by atoms with Crippen molar-refractivity contribution < 1.29 is 13.2 Å². The van der Waals surface area contributed by atoms with Gasteiger partial charge in [-0.3, -0.25) is 9.78 Å². The Morgan fingerprint density at radius 3 is 2.85 bits per heavy atom. The van der Waals surface area contributed by atoms with Crippen LogP contribution in [0.25, 0.3) is 0 Å². The third-order valence-corrected chi connectivity index (χ3v) is 5.64. The summed E-state index contributed by atoms with van der Waals surface area (Å²) in [5.74, 6) is 0.385. The number of sulfonamides is 1. The second-order valence-electron chi connectivity index (χ2n) is 6.44. The largest absolute Gasteiger partial charge is 0.362 e. The van der Waals surface area contributed by atoms with Gasteiger partial charge in [0.15, 0.2) is 0 Å². The number of amidine groups is 1. The lowest BCUT2D eigenvalue weighted by Gasteiger charge is -2.11. The molecule has 0 aliphatic carbocycles. The normalized spacial score (nSPS) is 15.9. The number of aryl methyl sites for hydroxylation is 1. The van der Waals surface area contributed by atoms with E-state index in [4.69, 9.17) is 0 Å². The lowest BCUT2D eigenvalue weighted by Crippen LogP contribution is -2.20. The molecule has 3 rings (SSSR count).